The minimum Gasteiger partial charge on any atom is -0.494 e. The molecule has 114 valence electrons. The Balaban J connectivity index is 1.90. The number of thioether (sulfide) groups is 1. The van der Waals surface area contributed by atoms with Crippen molar-refractivity contribution in [2.45, 2.75) is 25.6 Å². The number of furan rings is 1. The predicted molar refractivity (Wildman–Crippen MR) is 88.9 cm³/mol. The van der Waals surface area contributed by atoms with Crippen molar-refractivity contribution in [3.63, 3.8) is 0 Å². The van der Waals surface area contributed by atoms with Gasteiger partial charge in [0.05, 0.1) is 18.6 Å². The first-order valence-corrected chi connectivity index (χ1v) is 8.55. The van der Waals surface area contributed by atoms with Gasteiger partial charge in [-0.15, -0.1) is 0 Å². The van der Waals surface area contributed by atoms with Crippen LogP contribution in [-0.4, -0.2) is 18.9 Å². The van der Waals surface area contributed by atoms with E-state index in [1.807, 2.05) is 43.0 Å². The molecule has 0 amide bonds. The van der Waals surface area contributed by atoms with Gasteiger partial charge in [-0.05, 0) is 43.3 Å². The molecule has 0 aliphatic rings. The Bertz CT molecular complexity index is 496. The lowest BCUT2D eigenvalue weighted by Gasteiger charge is -2.18. The van der Waals surface area contributed by atoms with Gasteiger partial charge in [0.2, 0.25) is 0 Å². The third-order valence-corrected chi connectivity index (χ3v) is 4.21. The van der Waals surface area contributed by atoms with E-state index in [1.54, 1.807) is 6.26 Å². The van der Waals surface area contributed by atoms with E-state index in [1.165, 1.54) is 5.56 Å². The molecule has 1 atom stereocenters. The molecular formula is C17H23NO2S. The molecule has 1 aromatic carbocycles. The van der Waals surface area contributed by atoms with Crippen molar-refractivity contribution in [3.05, 3.63) is 54.0 Å². The standard InChI is InChI=1S/C17H23NO2S/c1-3-18-17(13-21-12-16-6-5-11-20-16)14-7-9-15(10-8-14)19-4-2/h5-11,17-18H,3-4,12-13H2,1-2H3. The summed E-state index contributed by atoms with van der Waals surface area (Å²) >= 11 is 1.88. The molecule has 0 fully saturated rings. The van der Waals surface area contributed by atoms with Crippen LogP contribution >= 0.6 is 11.8 Å². The van der Waals surface area contributed by atoms with Crippen molar-refractivity contribution in [2.24, 2.45) is 0 Å². The van der Waals surface area contributed by atoms with Gasteiger partial charge in [-0.25, -0.2) is 0 Å². The molecule has 4 heteroatoms. The lowest BCUT2D eigenvalue weighted by Crippen LogP contribution is -2.23. The lowest BCUT2D eigenvalue weighted by molar-refractivity contribution is 0.340. The number of ether oxygens (including phenoxy) is 1. The third-order valence-electron chi connectivity index (χ3n) is 3.15. The first-order valence-electron chi connectivity index (χ1n) is 7.39. The maximum Gasteiger partial charge on any atom is 0.119 e. The van der Waals surface area contributed by atoms with Gasteiger partial charge < -0.3 is 14.5 Å². The van der Waals surface area contributed by atoms with Crippen LogP contribution in [0.5, 0.6) is 5.75 Å². The van der Waals surface area contributed by atoms with Gasteiger partial charge in [0.15, 0.2) is 0 Å². The Morgan fingerprint density at radius 2 is 2.00 bits per heavy atom. The Kier molecular flexibility index (Phi) is 6.70. The molecule has 1 aromatic heterocycles. The van der Waals surface area contributed by atoms with Crippen LogP contribution in [0.4, 0.5) is 0 Å². The molecule has 3 nitrogen and oxygen atoms in total. The molecule has 0 saturated heterocycles. The third kappa shape index (κ3) is 5.14. The molecule has 0 radical (unpaired) electrons. The Morgan fingerprint density at radius 3 is 2.62 bits per heavy atom. The summed E-state index contributed by atoms with van der Waals surface area (Å²) in [7, 11) is 0. The fourth-order valence-corrected chi connectivity index (χ4v) is 3.18. The second-order valence-corrected chi connectivity index (χ2v) is 5.74. The van der Waals surface area contributed by atoms with Crippen molar-refractivity contribution in [2.75, 3.05) is 18.9 Å². The molecule has 2 aromatic rings. The molecule has 0 spiro atoms. The van der Waals surface area contributed by atoms with Crippen LogP contribution in [0.25, 0.3) is 0 Å². The van der Waals surface area contributed by atoms with E-state index < -0.39 is 0 Å². The molecule has 1 unspecified atom stereocenters. The Morgan fingerprint density at radius 1 is 1.19 bits per heavy atom. The summed E-state index contributed by atoms with van der Waals surface area (Å²) in [5.41, 5.74) is 1.30. The second kappa shape index (κ2) is 8.80. The highest BCUT2D eigenvalue weighted by atomic mass is 32.2. The van der Waals surface area contributed by atoms with Crippen molar-refractivity contribution in [1.82, 2.24) is 5.32 Å². The zero-order valence-corrected chi connectivity index (χ0v) is 13.5. The smallest absolute Gasteiger partial charge is 0.119 e. The van der Waals surface area contributed by atoms with E-state index in [4.69, 9.17) is 9.15 Å². The SMILES string of the molecule is CCNC(CSCc1ccco1)c1ccc(OCC)cc1. The van der Waals surface area contributed by atoms with Crippen LogP contribution < -0.4 is 10.1 Å². The highest BCUT2D eigenvalue weighted by Gasteiger charge is 2.11. The number of nitrogens with one attached hydrogen (secondary N) is 1. The Hall–Kier alpha value is -1.39. The molecule has 0 bridgehead atoms. The van der Waals surface area contributed by atoms with Crippen LogP contribution in [0.2, 0.25) is 0 Å². The topological polar surface area (TPSA) is 34.4 Å². The van der Waals surface area contributed by atoms with Gasteiger partial charge in [-0.3, -0.25) is 0 Å². The number of rotatable bonds is 9. The number of benzene rings is 1. The molecule has 1 N–H and O–H groups in total. The van der Waals surface area contributed by atoms with E-state index in [-0.39, 0.29) is 0 Å². The minimum absolute atomic E-state index is 0.352. The van der Waals surface area contributed by atoms with Gasteiger partial charge in [0.25, 0.3) is 0 Å². The quantitative estimate of drug-likeness (QED) is 0.750. The van der Waals surface area contributed by atoms with Gasteiger partial charge >= 0.3 is 0 Å². The van der Waals surface area contributed by atoms with Crippen LogP contribution in [0.3, 0.4) is 0 Å². The summed E-state index contributed by atoms with van der Waals surface area (Å²) in [5.74, 6) is 3.88. The van der Waals surface area contributed by atoms with Crippen LogP contribution in [0, 0.1) is 0 Å². The van der Waals surface area contributed by atoms with Crippen molar-refractivity contribution in [1.29, 1.82) is 0 Å². The van der Waals surface area contributed by atoms with Crippen LogP contribution in [0.1, 0.15) is 31.2 Å². The zero-order valence-electron chi connectivity index (χ0n) is 12.7. The van der Waals surface area contributed by atoms with Crippen LogP contribution in [-0.2, 0) is 5.75 Å². The second-order valence-electron chi connectivity index (χ2n) is 4.71. The first kappa shape index (κ1) is 16.0. The minimum atomic E-state index is 0.352. The molecule has 21 heavy (non-hydrogen) atoms. The first-order chi connectivity index (χ1) is 10.3. The van der Waals surface area contributed by atoms with Gasteiger partial charge in [-0.1, -0.05) is 19.1 Å². The molecule has 0 aliphatic heterocycles. The highest BCUT2D eigenvalue weighted by molar-refractivity contribution is 7.98. The van der Waals surface area contributed by atoms with Crippen molar-refractivity contribution >= 4 is 11.8 Å². The summed E-state index contributed by atoms with van der Waals surface area (Å²) in [5, 5.41) is 3.54. The predicted octanol–water partition coefficient (Wildman–Crippen LogP) is 4.26. The molecule has 0 aliphatic carbocycles. The highest BCUT2D eigenvalue weighted by Crippen LogP contribution is 2.23. The molecule has 2 rings (SSSR count). The summed E-state index contributed by atoms with van der Waals surface area (Å²) in [6.45, 7) is 5.80. The van der Waals surface area contributed by atoms with Gasteiger partial charge in [0, 0.05) is 11.8 Å². The number of hydrogen-bond acceptors (Lipinski definition) is 4. The fourth-order valence-electron chi connectivity index (χ4n) is 2.15. The maximum absolute atomic E-state index is 5.49. The average molecular weight is 305 g/mol. The lowest BCUT2D eigenvalue weighted by atomic mass is 10.1. The molecular weight excluding hydrogens is 282 g/mol. The fraction of sp³-hybridized carbons (Fsp3) is 0.412. The van der Waals surface area contributed by atoms with Crippen molar-refractivity contribution < 1.29 is 9.15 Å². The Labute approximate surface area is 131 Å². The largest absolute Gasteiger partial charge is 0.494 e. The molecule has 1 heterocycles. The molecule has 0 saturated carbocycles. The maximum atomic E-state index is 5.49. The van der Waals surface area contributed by atoms with E-state index in [0.29, 0.717) is 12.6 Å². The summed E-state index contributed by atoms with van der Waals surface area (Å²) < 4.78 is 10.9. The van der Waals surface area contributed by atoms with Gasteiger partial charge in [0.1, 0.15) is 11.5 Å². The summed E-state index contributed by atoms with van der Waals surface area (Å²) in [6, 6.07) is 12.7. The van der Waals surface area contributed by atoms with E-state index in [2.05, 4.69) is 24.4 Å². The summed E-state index contributed by atoms with van der Waals surface area (Å²) in [4.78, 5) is 0. The monoisotopic (exact) mass is 305 g/mol. The van der Waals surface area contributed by atoms with Crippen molar-refractivity contribution in [3.8, 4) is 5.75 Å². The van der Waals surface area contributed by atoms with E-state index in [9.17, 15) is 0 Å². The van der Waals surface area contributed by atoms with E-state index >= 15 is 0 Å². The average Bonchev–Trinajstić information content (AvgIpc) is 3.01. The number of hydrogen-bond donors (Lipinski definition) is 1. The normalized spacial score (nSPS) is 12.3. The zero-order chi connectivity index (χ0) is 14.9. The van der Waals surface area contributed by atoms with E-state index in [0.717, 1.165) is 29.6 Å². The van der Waals surface area contributed by atoms with Gasteiger partial charge in [-0.2, -0.15) is 11.8 Å². The summed E-state index contributed by atoms with van der Waals surface area (Å²) in [6.07, 6.45) is 1.73. The van der Waals surface area contributed by atoms with Crippen LogP contribution in [0.15, 0.2) is 47.1 Å².